The summed E-state index contributed by atoms with van der Waals surface area (Å²) >= 11 is 6.55. The number of aryl methyl sites for hydroxylation is 2. The van der Waals surface area contributed by atoms with Crippen LogP contribution in [0.15, 0.2) is 42.5 Å². The molecule has 0 radical (unpaired) electrons. The van der Waals surface area contributed by atoms with Gasteiger partial charge in [-0.1, -0.05) is 41.9 Å². The van der Waals surface area contributed by atoms with Crippen molar-refractivity contribution in [2.45, 2.75) is 45.1 Å². The average molecular weight is 444 g/mol. The van der Waals surface area contributed by atoms with Gasteiger partial charge >= 0.3 is 0 Å². The first-order valence-electron chi connectivity index (χ1n) is 10.4. The number of carbonyl (C=O) groups is 1. The van der Waals surface area contributed by atoms with Gasteiger partial charge in [0.25, 0.3) is 5.91 Å². The van der Waals surface area contributed by atoms with Crippen molar-refractivity contribution < 1.29 is 4.79 Å². The number of nitrogens with zero attached hydrogens (tertiary/aromatic N) is 4. The molecular formula is C25H22ClN5O. The molecule has 0 saturated heterocycles. The highest BCUT2D eigenvalue weighted by atomic mass is 35.5. The van der Waals surface area contributed by atoms with E-state index in [0.29, 0.717) is 42.0 Å². The monoisotopic (exact) mass is 443 g/mol. The van der Waals surface area contributed by atoms with Crippen LogP contribution in [-0.4, -0.2) is 21.2 Å². The zero-order valence-electron chi connectivity index (χ0n) is 17.9. The Bertz CT molecular complexity index is 1270. The van der Waals surface area contributed by atoms with Crippen LogP contribution in [0.2, 0.25) is 5.02 Å². The van der Waals surface area contributed by atoms with Crippen molar-refractivity contribution in [2.75, 3.05) is 0 Å². The molecule has 0 atom stereocenters. The van der Waals surface area contributed by atoms with E-state index >= 15 is 0 Å². The fraction of sp³-hybridized carbons (Fsp3) is 0.280. The zero-order chi connectivity index (χ0) is 22.9. The fourth-order valence-electron chi connectivity index (χ4n) is 3.70. The molecule has 32 heavy (non-hydrogen) atoms. The molecule has 6 nitrogen and oxygen atoms in total. The van der Waals surface area contributed by atoms with Crippen LogP contribution in [0.5, 0.6) is 0 Å². The van der Waals surface area contributed by atoms with Crippen molar-refractivity contribution in [1.29, 1.82) is 10.5 Å². The topological polar surface area (TPSA) is 94.5 Å². The smallest absolute Gasteiger partial charge is 0.273 e. The number of hydrogen-bond donors (Lipinski definition) is 1. The first-order valence-corrected chi connectivity index (χ1v) is 10.8. The van der Waals surface area contributed by atoms with Crippen LogP contribution in [0.4, 0.5) is 0 Å². The maximum atomic E-state index is 13.0. The Kier molecular flexibility index (Phi) is 5.74. The molecule has 2 aromatic carbocycles. The van der Waals surface area contributed by atoms with E-state index in [2.05, 4.69) is 22.6 Å². The summed E-state index contributed by atoms with van der Waals surface area (Å²) in [6, 6.07) is 17.9. The SMILES string of the molecule is Cc1ccc(-n2nc(C(=O)NC3(C#N)CC3)c(C)c2-c2ccc(CCC#N)cc2)c(Cl)c1. The highest BCUT2D eigenvalue weighted by molar-refractivity contribution is 6.32. The third kappa shape index (κ3) is 4.10. The van der Waals surface area contributed by atoms with E-state index in [-0.39, 0.29) is 11.6 Å². The Balaban J connectivity index is 1.81. The normalized spacial score (nSPS) is 13.8. The van der Waals surface area contributed by atoms with Crippen LogP contribution in [0.1, 0.15) is 46.4 Å². The van der Waals surface area contributed by atoms with Gasteiger partial charge in [-0.15, -0.1) is 0 Å². The van der Waals surface area contributed by atoms with Crippen molar-refractivity contribution in [3.05, 3.63) is 69.9 Å². The molecule has 0 bridgehead atoms. The van der Waals surface area contributed by atoms with Crippen LogP contribution >= 0.6 is 11.6 Å². The molecule has 1 aliphatic rings. The number of rotatable bonds is 6. The Morgan fingerprint density at radius 2 is 1.91 bits per heavy atom. The Labute approximate surface area is 192 Å². The summed E-state index contributed by atoms with van der Waals surface area (Å²) in [5.74, 6) is -0.365. The second-order valence-electron chi connectivity index (χ2n) is 8.19. The van der Waals surface area contributed by atoms with E-state index in [1.807, 2.05) is 56.3 Å². The standard InChI is InChI=1S/C25H22ClN5O/c1-16-5-10-21(20(26)14-16)31-23(19-8-6-18(7-9-19)4-3-13-27)17(2)22(30-31)24(32)29-25(15-28)11-12-25/h5-10,14H,3-4,11-12H2,1-2H3,(H,29,32). The summed E-state index contributed by atoms with van der Waals surface area (Å²) < 4.78 is 1.70. The van der Waals surface area contributed by atoms with Gasteiger partial charge in [-0.05, 0) is 56.4 Å². The van der Waals surface area contributed by atoms with E-state index in [0.717, 1.165) is 22.4 Å². The molecule has 1 aliphatic carbocycles. The summed E-state index contributed by atoms with van der Waals surface area (Å²) in [6.45, 7) is 3.81. The van der Waals surface area contributed by atoms with Crippen LogP contribution < -0.4 is 5.32 Å². The quantitative estimate of drug-likeness (QED) is 0.576. The zero-order valence-corrected chi connectivity index (χ0v) is 18.7. The molecular weight excluding hydrogens is 422 g/mol. The van der Waals surface area contributed by atoms with Crippen molar-refractivity contribution in [3.63, 3.8) is 0 Å². The van der Waals surface area contributed by atoms with Gasteiger partial charge in [0, 0.05) is 17.5 Å². The molecule has 1 N–H and O–H groups in total. The summed E-state index contributed by atoms with van der Waals surface area (Å²) in [5.41, 5.74) is 4.59. The fourth-order valence-corrected chi connectivity index (χ4v) is 4.02. The summed E-state index contributed by atoms with van der Waals surface area (Å²) in [5, 5.41) is 26.2. The lowest BCUT2D eigenvalue weighted by atomic mass is 10.0. The molecule has 4 rings (SSSR count). The minimum Gasteiger partial charge on any atom is -0.332 e. The first-order chi connectivity index (χ1) is 15.4. The van der Waals surface area contributed by atoms with E-state index in [1.165, 1.54) is 0 Å². The number of halogens is 1. The molecule has 160 valence electrons. The lowest BCUT2D eigenvalue weighted by Crippen LogP contribution is -2.36. The molecule has 0 aliphatic heterocycles. The van der Waals surface area contributed by atoms with Crippen molar-refractivity contribution in [3.8, 4) is 29.1 Å². The van der Waals surface area contributed by atoms with Crippen LogP contribution in [0.3, 0.4) is 0 Å². The predicted molar refractivity (Wildman–Crippen MR) is 122 cm³/mol. The van der Waals surface area contributed by atoms with Crippen LogP contribution in [0.25, 0.3) is 16.9 Å². The summed E-state index contributed by atoms with van der Waals surface area (Å²) in [7, 11) is 0. The molecule has 7 heteroatoms. The molecule has 1 heterocycles. The highest BCUT2D eigenvalue weighted by Crippen LogP contribution is 2.36. The van der Waals surface area contributed by atoms with Crippen molar-refractivity contribution in [1.82, 2.24) is 15.1 Å². The number of amides is 1. The Morgan fingerprint density at radius 3 is 2.50 bits per heavy atom. The Morgan fingerprint density at radius 1 is 1.19 bits per heavy atom. The third-order valence-electron chi connectivity index (χ3n) is 5.74. The number of carbonyl (C=O) groups excluding carboxylic acids is 1. The third-order valence-corrected chi connectivity index (χ3v) is 6.04. The molecule has 0 spiro atoms. The van der Waals surface area contributed by atoms with Gasteiger partial charge in [0.15, 0.2) is 5.69 Å². The van der Waals surface area contributed by atoms with Gasteiger partial charge in [0.2, 0.25) is 0 Å². The van der Waals surface area contributed by atoms with E-state index < -0.39 is 5.54 Å². The first kappa shape index (κ1) is 21.6. The molecule has 1 saturated carbocycles. The average Bonchev–Trinajstić information content (AvgIpc) is 3.47. The maximum absolute atomic E-state index is 13.0. The van der Waals surface area contributed by atoms with Gasteiger partial charge in [0.1, 0.15) is 5.54 Å². The molecule has 1 fully saturated rings. The maximum Gasteiger partial charge on any atom is 0.273 e. The van der Waals surface area contributed by atoms with Gasteiger partial charge in [-0.3, -0.25) is 4.79 Å². The minimum absolute atomic E-state index is 0.270. The summed E-state index contributed by atoms with van der Waals surface area (Å²) in [4.78, 5) is 13.0. The Hall–Kier alpha value is -3.61. The van der Waals surface area contributed by atoms with Gasteiger partial charge in [-0.2, -0.15) is 15.6 Å². The van der Waals surface area contributed by atoms with E-state index in [4.69, 9.17) is 16.9 Å². The number of nitrogens with one attached hydrogen (secondary N) is 1. The van der Waals surface area contributed by atoms with Crippen LogP contribution in [0, 0.1) is 36.5 Å². The molecule has 1 aromatic heterocycles. The van der Waals surface area contributed by atoms with Gasteiger partial charge in [-0.25, -0.2) is 4.68 Å². The highest BCUT2D eigenvalue weighted by Gasteiger charge is 2.45. The summed E-state index contributed by atoms with van der Waals surface area (Å²) in [6.07, 6.45) is 2.44. The number of hydrogen-bond acceptors (Lipinski definition) is 4. The minimum atomic E-state index is -0.780. The van der Waals surface area contributed by atoms with E-state index in [1.54, 1.807) is 4.68 Å². The van der Waals surface area contributed by atoms with Gasteiger partial charge in [0.05, 0.1) is 28.5 Å². The molecule has 0 unspecified atom stereocenters. The van der Waals surface area contributed by atoms with E-state index in [9.17, 15) is 10.1 Å². The van der Waals surface area contributed by atoms with Gasteiger partial charge < -0.3 is 5.32 Å². The van der Waals surface area contributed by atoms with Crippen molar-refractivity contribution in [2.24, 2.45) is 0 Å². The number of nitriles is 2. The number of benzene rings is 2. The second kappa shape index (κ2) is 8.49. The molecule has 1 amide bonds. The largest absolute Gasteiger partial charge is 0.332 e. The lowest BCUT2D eigenvalue weighted by Gasteiger charge is -2.11. The predicted octanol–water partition coefficient (Wildman–Crippen LogP) is 5.05. The number of aromatic nitrogens is 2. The van der Waals surface area contributed by atoms with Crippen LogP contribution in [-0.2, 0) is 6.42 Å². The molecule has 3 aromatic rings. The lowest BCUT2D eigenvalue weighted by molar-refractivity contribution is 0.0935. The second-order valence-corrected chi connectivity index (χ2v) is 8.60. The van der Waals surface area contributed by atoms with Crippen molar-refractivity contribution >= 4 is 17.5 Å².